The van der Waals surface area contributed by atoms with Crippen LogP contribution in [0.25, 0.3) is 0 Å². The maximum atomic E-state index is 10.2. The van der Waals surface area contributed by atoms with Crippen molar-refractivity contribution in [2.24, 2.45) is 0 Å². The molecule has 1 aromatic rings. The van der Waals surface area contributed by atoms with Crippen LogP contribution in [0.3, 0.4) is 0 Å². The smallest absolute Gasteiger partial charge is 0.317 e. The van der Waals surface area contributed by atoms with Crippen molar-refractivity contribution in [3.05, 3.63) is 33.9 Å². The Kier molecular flexibility index (Phi) is 2.88. The summed E-state index contributed by atoms with van der Waals surface area (Å²) in [5.74, 6) is -0.0373. The highest BCUT2D eigenvalue weighted by Crippen LogP contribution is 2.19. The molecule has 0 saturated carbocycles. The fraction of sp³-hybridized carbons (Fsp3) is 0.250. The number of phenols is 1. The molecule has 1 rings (SSSR count). The molecule has 0 aromatic heterocycles. The van der Waals surface area contributed by atoms with Crippen LogP contribution in [0.15, 0.2) is 18.2 Å². The Hall–Kier alpha value is -1.82. The summed E-state index contributed by atoms with van der Waals surface area (Å²) < 4.78 is 0. The highest BCUT2D eigenvalue weighted by molar-refractivity contribution is 5.50. The molecule has 0 aliphatic heterocycles. The highest BCUT2D eigenvalue weighted by atomic mass is 16.7. The molecule has 6 nitrogen and oxygen atoms in total. The van der Waals surface area contributed by atoms with Crippen molar-refractivity contribution in [1.29, 1.82) is 0 Å². The Morgan fingerprint density at radius 3 is 2.79 bits per heavy atom. The minimum Gasteiger partial charge on any atom is -0.508 e. The van der Waals surface area contributed by atoms with E-state index < -0.39 is 11.2 Å². The van der Waals surface area contributed by atoms with Crippen molar-refractivity contribution in [3.63, 3.8) is 0 Å². The molecule has 4 N–H and O–H groups in total. The Morgan fingerprint density at radius 1 is 1.57 bits per heavy atom. The predicted octanol–water partition coefficient (Wildman–Crippen LogP) is 0.112. The third-order valence-corrected chi connectivity index (χ3v) is 1.77. The number of anilines is 1. The summed E-state index contributed by atoms with van der Waals surface area (Å²) in [7, 11) is 0. The van der Waals surface area contributed by atoms with Gasteiger partial charge < -0.3 is 15.9 Å². The van der Waals surface area contributed by atoms with Gasteiger partial charge in [-0.25, -0.2) is 0 Å². The summed E-state index contributed by atoms with van der Waals surface area (Å²) in [5.41, 5.74) is 6.16. The average Bonchev–Trinajstić information content (AvgIpc) is 2.11. The topological polar surface area (TPSA) is 110 Å². The van der Waals surface area contributed by atoms with Gasteiger partial charge in [-0.05, 0) is 23.8 Å². The number of benzene rings is 1. The van der Waals surface area contributed by atoms with Gasteiger partial charge in [-0.15, -0.1) is 0 Å². The molecule has 14 heavy (non-hydrogen) atoms. The number of nitrogens with two attached hydrogens (primary N) is 1. The van der Waals surface area contributed by atoms with Gasteiger partial charge in [0.25, 0.3) is 0 Å². The molecule has 0 bridgehead atoms. The van der Waals surface area contributed by atoms with Gasteiger partial charge in [0.05, 0.1) is 11.3 Å². The molecule has 0 heterocycles. The second-order valence-electron chi connectivity index (χ2n) is 2.85. The van der Waals surface area contributed by atoms with Crippen LogP contribution in [0.5, 0.6) is 5.75 Å². The molecule has 0 fully saturated rings. The molecule has 0 saturated heterocycles. The van der Waals surface area contributed by atoms with E-state index in [9.17, 15) is 10.1 Å². The normalized spacial score (nSPS) is 12.4. The summed E-state index contributed by atoms with van der Waals surface area (Å²) in [6.45, 7) is 0. The van der Waals surface area contributed by atoms with Gasteiger partial charge in [-0.2, -0.15) is 0 Å². The largest absolute Gasteiger partial charge is 0.508 e. The molecule has 76 valence electrons. The summed E-state index contributed by atoms with van der Waals surface area (Å²) in [6, 6.07) is 4.09. The zero-order valence-electron chi connectivity index (χ0n) is 7.25. The molecule has 1 unspecified atom stereocenters. The summed E-state index contributed by atoms with van der Waals surface area (Å²) in [6.07, 6.45) is -1.91. The van der Waals surface area contributed by atoms with Crippen LogP contribution in [0.2, 0.25) is 0 Å². The number of aromatic hydroxyl groups is 1. The van der Waals surface area contributed by atoms with Crippen LogP contribution in [0.1, 0.15) is 5.56 Å². The zero-order valence-corrected chi connectivity index (χ0v) is 7.25. The van der Waals surface area contributed by atoms with E-state index in [4.69, 9.17) is 15.9 Å². The zero-order chi connectivity index (χ0) is 10.7. The van der Waals surface area contributed by atoms with Crippen molar-refractivity contribution >= 4 is 5.69 Å². The molecule has 0 amide bonds. The van der Waals surface area contributed by atoms with Gasteiger partial charge in [0.2, 0.25) is 0 Å². The number of hydrogen-bond acceptors (Lipinski definition) is 5. The number of nitrogen functional groups attached to an aromatic ring is 1. The second-order valence-corrected chi connectivity index (χ2v) is 2.85. The Bertz CT molecular complexity index is 353. The Balaban J connectivity index is 2.85. The lowest BCUT2D eigenvalue weighted by molar-refractivity contribution is -0.569. The predicted molar refractivity (Wildman–Crippen MR) is 49.2 cm³/mol. The number of nitrogens with zero attached hydrogens (tertiary/aromatic N) is 1. The number of hydrogen-bond donors (Lipinski definition) is 3. The van der Waals surface area contributed by atoms with Crippen LogP contribution in [-0.2, 0) is 6.42 Å². The van der Waals surface area contributed by atoms with Crippen LogP contribution in [-0.4, -0.2) is 21.4 Å². The third kappa shape index (κ3) is 2.33. The number of aliphatic hydroxyl groups excluding tert-OH is 1. The lowest BCUT2D eigenvalue weighted by Crippen LogP contribution is -2.21. The molecule has 6 heteroatoms. The molecule has 0 radical (unpaired) electrons. The lowest BCUT2D eigenvalue weighted by atomic mass is 10.1. The average molecular weight is 198 g/mol. The summed E-state index contributed by atoms with van der Waals surface area (Å²) >= 11 is 0. The van der Waals surface area contributed by atoms with Crippen molar-refractivity contribution in [1.82, 2.24) is 0 Å². The van der Waals surface area contributed by atoms with Gasteiger partial charge in [-0.1, -0.05) is 0 Å². The lowest BCUT2D eigenvalue weighted by Gasteiger charge is -2.06. The van der Waals surface area contributed by atoms with Crippen LogP contribution in [0, 0.1) is 10.1 Å². The van der Waals surface area contributed by atoms with Crippen molar-refractivity contribution in [3.8, 4) is 5.75 Å². The SMILES string of the molecule is Nc1ccc(O)cc1CC(O)[N+](=O)[O-]. The standard InChI is InChI=1S/C8H10N2O4/c9-7-2-1-6(11)3-5(7)4-8(12)10(13)14/h1-3,8,11-12H,4,9H2. The highest BCUT2D eigenvalue weighted by Gasteiger charge is 2.17. The van der Waals surface area contributed by atoms with Gasteiger partial charge in [0, 0.05) is 5.69 Å². The van der Waals surface area contributed by atoms with E-state index in [1.54, 1.807) is 0 Å². The van der Waals surface area contributed by atoms with Gasteiger partial charge in [-0.3, -0.25) is 10.1 Å². The van der Waals surface area contributed by atoms with E-state index in [0.29, 0.717) is 11.3 Å². The number of nitro groups is 1. The quantitative estimate of drug-likeness (QED) is 0.210. The molecule has 1 atom stereocenters. The first kappa shape index (κ1) is 10.3. The first-order valence-electron chi connectivity index (χ1n) is 3.89. The fourth-order valence-electron chi connectivity index (χ4n) is 1.04. The van der Waals surface area contributed by atoms with Gasteiger partial charge in [0.1, 0.15) is 5.75 Å². The summed E-state index contributed by atoms with van der Waals surface area (Å²) in [4.78, 5) is 9.34. The maximum Gasteiger partial charge on any atom is 0.317 e. The fourth-order valence-corrected chi connectivity index (χ4v) is 1.04. The first-order chi connectivity index (χ1) is 6.50. The first-order valence-corrected chi connectivity index (χ1v) is 3.89. The monoisotopic (exact) mass is 198 g/mol. The van der Waals surface area contributed by atoms with Gasteiger partial charge >= 0.3 is 6.23 Å². The number of phenolic OH excluding ortho intramolecular Hbond substituents is 1. The minimum absolute atomic E-state index is 0.0373. The molecule has 1 aromatic carbocycles. The van der Waals surface area contributed by atoms with E-state index in [2.05, 4.69) is 0 Å². The van der Waals surface area contributed by atoms with Crippen molar-refractivity contribution in [2.75, 3.05) is 5.73 Å². The molecule has 0 aliphatic carbocycles. The molecule has 0 aliphatic rings. The second kappa shape index (κ2) is 3.93. The third-order valence-electron chi connectivity index (χ3n) is 1.77. The van der Waals surface area contributed by atoms with Crippen LogP contribution < -0.4 is 5.73 Å². The van der Waals surface area contributed by atoms with E-state index in [1.807, 2.05) is 0 Å². The van der Waals surface area contributed by atoms with Crippen LogP contribution >= 0.6 is 0 Å². The van der Waals surface area contributed by atoms with Gasteiger partial charge in [0.15, 0.2) is 0 Å². The minimum atomic E-state index is -1.70. The van der Waals surface area contributed by atoms with E-state index in [0.717, 1.165) is 0 Å². The molecule has 0 spiro atoms. The molecular formula is C8H10N2O4. The van der Waals surface area contributed by atoms with Crippen molar-refractivity contribution < 1.29 is 15.1 Å². The van der Waals surface area contributed by atoms with Crippen LogP contribution in [0.4, 0.5) is 5.69 Å². The summed E-state index contributed by atoms with van der Waals surface area (Å²) in [5, 5.41) is 28.2. The maximum absolute atomic E-state index is 10.2. The van der Waals surface area contributed by atoms with E-state index in [-0.39, 0.29) is 12.2 Å². The Morgan fingerprint density at radius 2 is 2.21 bits per heavy atom. The number of aliphatic hydroxyl groups is 1. The van der Waals surface area contributed by atoms with E-state index >= 15 is 0 Å². The van der Waals surface area contributed by atoms with E-state index in [1.165, 1.54) is 18.2 Å². The van der Waals surface area contributed by atoms with Crippen molar-refractivity contribution in [2.45, 2.75) is 12.6 Å². The Labute approximate surface area is 79.7 Å². The number of rotatable bonds is 3. The molecular weight excluding hydrogens is 188 g/mol.